The van der Waals surface area contributed by atoms with Gasteiger partial charge in [0, 0.05) is 17.6 Å². The van der Waals surface area contributed by atoms with E-state index in [1.807, 2.05) is 0 Å². The number of rotatable bonds is 4. The molecule has 1 aromatic carbocycles. The van der Waals surface area contributed by atoms with E-state index in [1.165, 1.54) is 25.3 Å². The molecule has 2 aliphatic heterocycles. The van der Waals surface area contributed by atoms with Crippen LogP contribution in [0, 0.1) is 5.82 Å². The molecule has 0 saturated carbocycles. The van der Waals surface area contributed by atoms with Gasteiger partial charge in [-0.25, -0.2) is 4.39 Å². The molecule has 5 heteroatoms. The second-order valence-corrected chi connectivity index (χ2v) is 6.46. The van der Waals surface area contributed by atoms with Gasteiger partial charge in [-0.2, -0.15) is 0 Å². The summed E-state index contributed by atoms with van der Waals surface area (Å²) in [5, 5.41) is 9.21. The molecule has 2 saturated heterocycles. The lowest BCUT2D eigenvalue weighted by atomic mass is 9.85. The fourth-order valence-corrected chi connectivity index (χ4v) is 3.95. The summed E-state index contributed by atoms with van der Waals surface area (Å²) < 4.78 is 19.9. The zero-order chi connectivity index (χ0) is 14.8. The monoisotopic (exact) mass is 308 g/mol. The van der Waals surface area contributed by atoms with Crippen LogP contribution in [0.25, 0.3) is 6.08 Å². The molecule has 3 rings (SSSR count). The summed E-state index contributed by atoms with van der Waals surface area (Å²) in [6.45, 7) is 3.76. The van der Waals surface area contributed by atoms with Crippen molar-refractivity contribution < 1.29 is 9.13 Å². The van der Waals surface area contributed by atoms with Crippen LogP contribution in [-0.2, 0) is 0 Å². The Morgan fingerprint density at radius 2 is 2.05 bits per heavy atom. The van der Waals surface area contributed by atoms with Crippen LogP contribution in [0.4, 0.5) is 4.39 Å². The molecule has 2 bridgehead atoms. The first kappa shape index (κ1) is 14.9. The lowest BCUT2D eigenvalue weighted by molar-refractivity contribution is 0.0922. The molecule has 0 aliphatic carbocycles. The van der Waals surface area contributed by atoms with Gasteiger partial charge in [-0.05, 0) is 49.8 Å². The Morgan fingerprint density at radius 3 is 2.67 bits per heavy atom. The first-order valence-electron chi connectivity index (χ1n) is 7.45. The van der Waals surface area contributed by atoms with Crippen molar-refractivity contribution >= 4 is 18.0 Å². The van der Waals surface area contributed by atoms with Gasteiger partial charge in [0.25, 0.3) is 0 Å². The molecule has 114 valence electrons. The van der Waals surface area contributed by atoms with Gasteiger partial charge in [0.2, 0.25) is 0 Å². The Kier molecular flexibility index (Phi) is 4.52. The molecule has 0 spiro atoms. The van der Waals surface area contributed by atoms with E-state index < -0.39 is 0 Å². The van der Waals surface area contributed by atoms with E-state index >= 15 is 0 Å². The van der Waals surface area contributed by atoms with E-state index in [2.05, 4.69) is 11.9 Å². The highest BCUT2D eigenvalue weighted by Gasteiger charge is 2.32. The summed E-state index contributed by atoms with van der Waals surface area (Å²) in [5.41, 5.74) is 0.659. The molecule has 0 aromatic heterocycles. The molecular formula is C16H21FN2OS. The summed E-state index contributed by atoms with van der Waals surface area (Å²) >= 11 is 0.901. The largest absolute Gasteiger partial charge is 0.490 e. The second-order valence-electron chi connectivity index (χ2n) is 5.81. The van der Waals surface area contributed by atoms with Crippen molar-refractivity contribution in [1.82, 2.24) is 5.32 Å². The third-order valence-electron chi connectivity index (χ3n) is 4.40. The van der Waals surface area contributed by atoms with Crippen LogP contribution in [0.5, 0.6) is 5.75 Å². The number of hydrogen-bond donors (Lipinski definition) is 2. The molecule has 21 heavy (non-hydrogen) atoms. The van der Waals surface area contributed by atoms with Crippen molar-refractivity contribution in [3.63, 3.8) is 0 Å². The molecule has 2 heterocycles. The zero-order valence-electron chi connectivity index (χ0n) is 12.0. The number of benzene rings is 1. The number of hydrogen-bond acceptors (Lipinski definition) is 4. The molecule has 2 fully saturated rings. The summed E-state index contributed by atoms with van der Waals surface area (Å²) in [6, 6.07) is 4.21. The van der Waals surface area contributed by atoms with E-state index in [-0.39, 0.29) is 11.9 Å². The van der Waals surface area contributed by atoms with Crippen LogP contribution in [0.2, 0.25) is 0 Å². The second kappa shape index (κ2) is 6.38. The molecule has 3 nitrogen and oxygen atoms in total. The molecule has 0 radical (unpaired) electrons. The fraction of sp³-hybridized carbons (Fsp3) is 0.500. The van der Waals surface area contributed by atoms with Crippen molar-refractivity contribution in [2.75, 3.05) is 0 Å². The Bertz CT molecular complexity index is 525. The highest BCUT2D eigenvalue weighted by Crippen LogP contribution is 2.34. The summed E-state index contributed by atoms with van der Waals surface area (Å²) in [6.07, 6.45) is 7.56. The summed E-state index contributed by atoms with van der Waals surface area (Å²) in [7, 11) is 0. The van der Waals surface area contributed by atoms with Crippen LogP contribution in [0.15, 0.2) is 23.6 Å². The molecular weight excluding hydrogens is 287 g/mol. The van der Waals surface area contributed by atoms with Crippen molar-refractivity contribution in [1.29, 1.82) is 0 Å². The Morgan fingerprint density at radius 1 is 1.33 bits per heavy atom. The van der Waals surface area contributed by atoms with Gasteiger partial charge in [0.15, 0.2) is 0 Å². The van der Waals surface area contributed by atoms with Crippen LogP contribution in [0.3, 0.4) is 0 Å². The molecule has 0 amide bonds. The predicted molar refractivity (Wildman–Crippen MR) is 84.7 cm³/mol. The van der Waals surface area contributed by atoms with Crippen molar-refractivity contribution in [2.24, 2.45) is 5.14 Å². The van der Waals surface area contributed by atoms with Crippen LogP contribution < -0.4 is 15.2 Å². The lowest BCUT2D eigenvalue weighted by Gasteiger charge is -2.40. The zero-order valence-corrected chi connectivity index (χ0v) is 12.8. The quantitative estimate of drug-likeness (QED) is 0.836. The maximum Gasteiger partial charge on any atom is 0.138 e. The molecule has 0 unspecified atom stereocenters. The maximum atomic E-state index is 13.8. The minimum Gasteiger partial charge on any atom is -0.490 e. The predicted octanol–water partition coefficient (Wildman–Crippen LogP) is 3.49. The number of nitrogens with one attached hydrogen (secondary N) is 1. The number of ether oxygens (including phenoxy) is 1. The lowest BCUT2D eigenvalue weighted by Crippen LogP contribution is -2.51. The minimum atomic E-state index is -0.327. The van der Waals surface area contributed by atoms with E-state index in [9.17, 15) is 4.39 Å². The SMILES string of the molecule is C=Cc1c(O[C@@H]2C[C@H]3CCC[C@@H](C2)N3)ccc(F)c1SN. The molecule has 2 aliphatic rings. The van der Waals surface area contributed by atoms with E-state index in [4.69, 9.17) is 9.88 Å². The van der Waals surface area contributed by atoms with Crippen molar-refractivity contribution in [3.8, 4) is 5.75 Å². The number of piperidine rings is 2. The normalized spacial score (nSPS) is 28.2. The van der Waals surface area contributed by atoms with Gasteiger partial charge in [-0.1, -0.05) is 19.1 Å². The van der Waals surface area contributed by atoms with Crippen molar-refractivity contribution in [3.05, 3.63) is 30.1 Å². The van der Waals surface area contributed by atoms with Gasteiger partial charge in [-0.15, -0.1) is 0 Å². The number of fused-ring (bicyclic) bond motifs is 2. The number of halogens is 1. The average molecular weight is 308 g/mol. The highest BCUT2D eigenvalue weighted by atomic mass is 32.2. The van der Waals surface area contributed by atoms with E-state index in [1.54, 1.807) is 12.1 Å². The standard InChI is InChI=1S/C16H21FN2OS/c1-2-13-15(7-6-14(17)16(13)21-18)20-12-8-10-4-3-5-11(9-12)19-10/h2,6-7,10-12,19H,1,3-5,8-9,18H2/t10-,11+,12-. The molecule has 3 atom stereocenters. The van der Waals surface area contributed by atoms with Crippen LogP contribution in [0.1, 0.15) is 37.7 Å². The fourth-order valence-electron chi connectivity index (χ4n) is 3.46. The van der Waals surface area contributed by atoms with Crippen LogP contribution >= 0.6 is 11.9 Å². The van der Waals surface area contributed by atoms with Gasteiger partial charge in [0.05, 0.1) is 4.90 Å². The van der Waals surface area contributed by atoms with Gasteiger partial charge in [-0.3, -0.25) is 5.14 Å². The minimum absolute atomic E-state index is 0.182. The number of nitrogens with two attached hydrogens (primary N) is 1. The topological polar surface area (TPSA) is 47.3 Å². The third kappa shape index (κ3) is 3.10. The molecule has 1 aromatic rings. The summed E-state index contributed by atoms with van der Waals surface area (Å²) in [4.78, 5) is 0.400. The highest BCUT2D eigenvalue weighted by molar-refractivity contribution is 7.97. The van der Waals surface area contributed by atoms with Gasteiger partial charge < -0.3 is 10.1 Å². The van der Waals surface area contributed by atoms with Crippen LogP contribution in [-0.4, -0.2) is 18.2 Å². The smallest absolute Gasteiger partial charge is 0.138 e. The molecule has 3 N–H and O–H groups in total. The first-order valence-corrected chi connectivity index (χ1v) is 8.33. The van der Waals surface area contributed by atoms with Gasteiger partial charge in [0.1, 0.15) is 17.7 Å². The average Bonchev–Trinajstić information content (AvgIpc) is 2.48. The Labute approximate surface area is 129 Å². The first-order chi connectivity index (χ1) is 10.2. The Balaban J connectivity index is 1.80. The van der Waals surface area contributed by atoms with E-state index in [0.29, 0.717) is 28.3 Å². The Hall–Kier alpha value is -1.04. The third-order valence-corrected chi connectivity index (χ3v) is 5.05. The van der Waals surface area contributed by atoms with Crippen molar-refractivity contribution in [2.45, 2.75) is 55.2 Å². The maximum absolute atomic E-state index is 13.8. The van der Waals surface area contributed by atoms with E-state index in [0.717, 1.165) is 24.8 Å². The van der Waals surface area contributed by atoms with Gasteiger partial charge >= 0.3 is 0 Å². The summed E-state index contributed by atoms with van der Waals surface area (Å²) in [5.74, 6) is 0.358.